The molecule has 124 valence electrons. The molecule has 0 radical (unpaired) electrons. The Morgan fingerprint density at radius 3 is 2.91 bits per heavy atom. The van der Waals surface area contributed by atoms with E-state index in [1.54, 1.807) is 5.57 Å². The van der Waals surface area contributed by atoms with E-state index in [-0.39, 0.29) is 5.41 Å². The molecule has 3 fully saturated rings. The van der Waals surface area contributed by atoms with Crippen molar-refractivity contribution in [2.45, 2.75) is 70.3 Å². The standard InChI is InChI=1S/C22H30O/c1-4-21-13-12-18-17-9-7-6-8-16(17)10-11-19(18)20(21)14-15(3)22(21,23)5-2/h2,8,17-20,23H,3-4,6-7,9-14H2,1H3/t17-,18+,19+,20-,21-,22-/m0/s1. The summed E-state index contributed by atoms with van der Waals surface area (Å²) in [5.41, 5.74) is 1.48. The molecule has 4 aliphatic rings. The lowest BCUT2D eigenvalue weighted by Crippen LogP contribution is -2.53. The molecule has 1 heteroatoms. The minimum absolute atomic E-state index is 0.115. The summed E-state index contributed by atoms with van der Waals surface area (Å²) in [6, 6.07) is 0. The number of fused-ring (bicyclic) bond motifs is 5. The molecule has 0 aliphatic heterocycles. The van der Waals surface area contributed by atoms with Gasteiger partial charge in [-0.05, 0) is 87.0 Å². The third-order valence-corrected chi connectivity index (χ3v) is 8.12. The summed E-state index contributed by atoms with van der Waals surface area (Å²) in [5.74, 6) is 5.71. The Morgan fingerprint density at radius 2 is 2.17 bits per heavy atom. The van der Waals surface area contributed by atoms with Crippen molar-refractivity contribution in [3.05, 3.63) is 23.8 Å². The smallest absolute Gasteiger partial charge is 0.152 e. The highest BCUT2D eigenvalue weighted by Gasteiger charge is 2.64. The fourth-order valence-corrected chi connectivity index (χ4v) is 7.02. The van der Waals surface area contributed by atoms with Gasteiger partial charge >= 0.3 is 0 Å². The Morgan fingerprint density at radius 1 is 1.35 bits per heavy atom. The molecule has 0 unspecified atom stereocenters. The van der Waals surface area contributed by atoms with Gasteiger partial charge in [0.25, 0.3) is 0 Å². The van der Waals surface area contributed by atoms with Gasteiger partial charge in [0.15, 0.2) is 5.60 Å². The molecule has 6 atom stereocenters. The van der Waals surface area contributed by atoms with E-state index in [0.29, 0.717) is 5.92 Å². The van der Waals surface area contributed by atoms with Crippen molar-refractivity contribution in [1.82, 2.24) is 0 Å². The third kappa shape index (κ3) is 1.85. The summed E-state index contributed by atoms with van der Waals surface area (Å²) in [6.07, 6.45) is 19.2. The lowest BCUT2D eigenvalue weighted by Gasteiger charge is -2.55. The molecule has 3 saturated carbocycles. The average molecular weight is 310 g/mol. The molecule has 0 spiro atoms. The van der Waals surface area contributed by atoms with Crippen LogP contribution in [0.3, 0.4) is 0 Å². The summed E-state index contributed by atoms with van der Waals surface area (Å²) >= 11 is 0. The van der Waals surface area contributed by atoms with Gasteiger partial charge in [-0.3, -0.25) is 0 Å². The summed E-state index contributed by atoms with van der Waals surface area (Å²) in [7, 11) is 0. The number of rotatable bonds is 1. The van der Waals surface area contributed by atoms with Crippen LogP contribution in [0.5, 0.6) is 0 Å². The molecule has 0 amide bonds. The molecule has 1 N–H and O–H groups in total. The van der Waals surface area contributed by atoms with E-state index in [4.69, 9.17) is 6.42 Å². The third-order valence-electron chi connectivity index (χ3n) is 8.12. The van der Waals surface area contributed by atoms with Crippen LogP contribution >= 0.6 is 0 Å². The van der Waals surface area contributed by atoms with E-state index in [1.165, 1.54) is 38.5 Å². The molecule has 0 saturated heterocycles. The van der Waals surface area contributed by atoms with E-state index in [1.807, 2.05) is 0 Å². The van der Waals surface area contributed by atoms with Crippen LogP contribution < -0.4 is 0 Å². The SMILES string of the molecule is C#C[C@]1(O)C(=C)C[C@H]2[C@@H]3CCC4=CCCC[C@@H]4[C@H]3CC[C@@]21CC. The van der Waals surface area contributed by atoms with Crippen LogP contribution in [0.4, 0.5) is 0 Å². The van der Waals surface area contributed by atoms with E-state index in [2.05, 4.69) is 25.5 Å². The summed E-state index contributed by atoms with van der Waals surface area (Å²) < 4.78 is 0. The highest BCUT2D eigenvalue weighted by atomic mass is 16.3. The van der Waals surface area contributed by atoms with Gasteiger partial charge in [-0.25, -0.2) is 0 Å². The lowest BCUT2D eigenvalue weighted by molar-refractivity contribution is -0.0916. The zero-order valence-electron chi connectivity index (χ0n) is 14.5. The highest BCUT2D eigenvalue weighted by Crippen LogP contribution is 2.67. The first-order valence-electron chi connectivity index (χ1n) is 9.64. The molecule has 0 aromatic heterocycles. The average Bonchev–Trinajstić information content (AvgIpc) is 2.83. The maximum Gasteiger partial charge on any atom is 0.152 e. The van der Waals surface area contributed by atoms with Gasteiger partial charge in [-0.15, -0.1) is 6.42 Å². The molecule has 0 heterocycles. The van der Waals surface area contributed by atoms with Crippen LogP contribution in [0.15, 0.2) is 23.8 Å². The Labute approximate surface area is 141 Å². The number of hydrogen-bond acceptors (Lipinski definition) is 1. The van der Waals surface area contributed by atoms with Gasteiger partial charge in [0.2, 0.25) is 0 Å². The Kier molecular flexibility index (Phi) is 3.54. The van der Waals surface area contributed by atoms with Crippen molar-refractivity contribution in [2.24, 2.45) is 29.1 Å². The molecule has 4 aliphatic carbocycles. The normalized spacial score (nSPS) is 48.7. The Hall–Kier alpha value is -1.00. The molecule has 0 aromatic carbocycles. The number of hydrogen-bond donors (Lipinski definition) is 1. The summed E-state index contributed by atoms with van der Waals surface area (Å²) in [6.45, 7) is 6.44. The summed E-state index contributed by atoms with van der Waals surface area (Å²) in [4.78, 5) is 0. The van der Waals surface area contributed by atoms with Gasteiger partial charge < -0.3 is 5.11 Å². The second-order valence-corrected chi connectivity index (χ2v) is 8.50. The molecular weight excluding hydrogens is 280 g/mol. The van der Waals surface area contributed by atoms with Crippen molar-refractivity contribution < 1.29 is 5.11 Å². The van der Waals surface area contributed by atoms with Crippen molar-refractivity contribution in [2.75, 3.05) is 0 Å². The zero-order chi connectivity index (χ0) is 16.2. The predicted molar refractivity (Wildman–Crippen MR) is 94.6 cm³/mol. The Balaban J connectivity index is 1.72. The molecule has 0 aromatic rings. The van der Waals surface area contributed by atoms with Crippen molar-refractivity contribution >= 4 is 0 Å². The second kappa shape index (κ2) is 5.25. The van der Waals surface area contributed by atoms with E-state index >= 15 is 0 Å². The number of terminal acetylenes is 1. The van der Waals surface area contributed by atoms with Gasteiger partial charge in [0, 0.05) is 5.41 Å². The minimum Gasteiger partial charge on any atom is -0.373 e. The first-order chi connectivity index (χ1) is 11.1. The lowest BCUT2D eigenvalue weighted by atomic mass is 9.49. The van der Waals surface area contributed by atoms with Crippen LogP contribution in [0.1, 0.15) is 64.7 Å². The van der Waals surface area contributed by atoms with Crippen LogP contribution in [0.2, 0.25) is 0 Å². The molecule has 0 bridgehead atoms. The van der Waals surface area contributed by atoms with Crippen molar-refractivity contribution in [1.29, 1.82) is 0 Å². The number of allylic oxidation sites excluding steroid dienone is 2. The van der Waals surface area contributed by atoms with Gasteiger partial charge in [-0.1, -0.05) is 31.1 Å². The van der Waals surface area contributed by atoms with Crippen LogP contribution in [0.25, 0.3) is 0 Å². The van der Waals surface area contributed by atoms with E-state index < -0.39 is 5.60 Å². The van der Waals surface area contributed by atoms with Crippen molar-refractivity contribution in [3.8, 4) is 12.3 Å². The zero-order valence-corrected chi connectivity index (χ0v) is 14.5. The number of aliphatic hydroxyl groups is 1. The Bertz CT molecular complexity index is 594. The van der Waals surface area contributed by atoms with Gasteiger partial charge in [0.1, 0.15) is 0 Å². The molecular formula is C22H30O. The van der Waals surface area contributed by atoms with Crippen LogP contribution in [0, 0.1) is 41.4 Å². The van der Waals surface area contributed by atoms with E-state index in [0.717, 1.165) is 42.6 Å². The van der Waals surface area contributed by atoms with Crippen LogP contribution in [-0.4, -0.2) is 10.7 Å². The first kappa shape index (κ1) is 15.5. The molecule has 4 rings (SSSR count). The maximum atomic E-state index is 11.3. The van der Waals surface area contributed by atoms with E-state index in [9.17, 15) is 5.11 Å². The van der Waals surface area contributed by atoms with Crippen molar-refractivity contribution in [3.63, 3.8) is 0 Å². The quantitative estimate of drug-likeness (QED) is 0.541. The second-order valence-electron chi connectivity index (χ2n) is 8.50. The molecule has 1 nitrogen and oxygen atoms in total. The van der Waals surface area contributed by atoms with Gasteiger partial charge in [0.05, 0.1) is 0 Å². The fraction of sp³-hybridized carbons (Fsp3) is 0.727. The highest BCUT2D eigenvalue weighted by molar-refractivity contribution is 5.39. The monoisotopic (exact) mass is 310 g/mol. The maximum absolute atomic E-state index is 11.3. The molecule has 23 heavy (non-hydrogen) atoms. The predicted octanol–water partition coefficient (Wildman–Crippen LogP) is 4.87. The first-order valence-corrected chi connectivity index (χ1v) is 9.64. The topological polar surface area (TPSA) is 20.2 Å². The van der Waals surface area contributed by atoms with Gasteiger partial charge in [-0.2, -0.15) is 0 Å². The largest absolute Gasteiger partial charge is 0.373 e. The minimum atomic E-state index is -1.07. The fourth-order valence-electron chi connectivity index (χ4n) is 7.02. The van der Waals surface area contributed by atoms with Crippen LogP contribution in [-0.2, 0) is 0 Å². The summed E-state index contributed by atoms with van der Waals surface area (Å²) in [5, 5.41) is 11.3.